The summed E-state index contributed by atoms with van der Waals surface area (Å²) >= 11 is 0. The predicted octanol–water partition coefficient (Wildman–Crippen LogP) is 3.77. The van der Waals surface area contributed by atoms with E-state index >= 15 is 0 Å². The molecule has 1 nitrogen and oxygen atoms in total. The van der Waals surface area contributed by atoms with E-state index in [0.717, 1.165) is 6.42 Å². The molecule has 0 saturated heterocycles. The van der Waals surface area contributed by atoms with Crippen LogP contribution in [0.4, 0.5) is 0 Å². The number of hydrogen-bond acceptors (Lipinski definition) is 1. The van der Waals surface area contributed by atoms with Gasteiger partial charge >= 0.3 is 0 Å². The van der Waals surface area contributed by atoms with Crippen molar-refractivity contribution < 1.29 is 4.74 Å². The Hall–Kier alpha value is -0.720. The first-order valence-electron chi connectivity index (χ1n) is 4.90. The second-order valence-electron chi connectivity index (χ2n) is 4.20. The maximum Gasteiger partial charge on any atom is 0.128 e. The number of ether oxygens (including phenoxy) is 1. The topological polar surface area (TPSA) is 9.23 Å². The minimum absolute atomic E-state index is 0.240. The molecule has 0 aliphatic carbocycles. The lowest BCUT2D eigenvalue weighted by atomic mass is 9.83. The van der Waals surface area contributed by atoms with Crippen LogP contribution in [0.2, 0.25) is 0 Å². The van der Waals surface area contributed by atoms with Gasteiger partial charge in [0.25, 0.3) is 0 Å². The van der Waals surface area contributed by atoms with Crippen LogP contribution in [-0.2, 0) is 4.74 Å². The van der Waals surface area contributed by atoms with Gasteiger partial charge in [0.05, 0.1) is 6.26 Å². The Morgan fingerprint density at radius 2 is 1.77 bits per heavy atom. The molecule has 0 heterocycles. The van der Waals surface area contributed by atoms with E-state index in [4.69, 9.17) is 4.74 Å². The summed E-state index contributed by atoms with van der Waals surface area (Å²) in [6, 6.07) is 0. The van der Waals surface area contributed by atoms with E-state index in [-0.39, 0.29) is 5.60 Å². The van der Waals surface area contributed by atoms with Crippen LogP contribution in [0.1, 0.15) is 34.1 Å². The molecule has 0 N–H and O–H groups in total. The van der Waals surface area contributed by atoms with E-state index in [1.54, 1.807) is 0 Å². The average molecular weight is 182 g/mol. The fraction of sp³-hybridized carbons (Fsp3) is 0.667. The van der Waals surface area contributed by atoms with Gasteiger partial charge in [-0.05, 0) is 24.3 Å². The summed E-state index contributed by atoms with van der Waals surface area (Å²) in [7, 11) is 0. The Morgan fingerprint density at radius 1 is 1.23 bits per heavy atom. The molecule has 0 rings (SSSR count). The first kappa shape index (κ1) is 12.3. The molecule has 0 bridgehead atoms. The third-order valence-electron chi connectivity index (χ3n) is 2.35. The van der Waals surface area contributed by atoms with Gasteiger partial charge in [-0.15, -0.1) is 0 Å². The first-order valence-corrected chi connectivity index (χ1v) is 4.90. The first-order chi connectivity index (χ1) is 5.98. The molecule has 0 aliphatic heterocycles. The van der Waals surface area contributed by atoms with Crippen molar-refractivity contribution in [2.24, 2.45) is 11.8 Å². The molecule has 0 spiro atoms. The lowest BCUT2D eigenvalue weighted by Gasteiger charge is -2.35. The average Bonchev–Trinajstić information content (AvgIpc) is 2.02. The van der Waals surface area contributed by atoms with Gasteiger partial charge in [-0.25, -0.2) is 0 Å². The van der Waals surface area contributed by atoms with Crippen LogP contribution in [-0.4, -0.2) is 5.60 Å². The van der Waals surface area contributed by atoms with E-state index in [1.807, 2.05) is 6.08 Å². The molecule has 0 aromatic carbocycles. The van der Waals surface area contributed by atoms with Gasteiger partial charge in [-0.1, -0.05) is 40.9 Å². The number of rotatable bonds is 6. The van der Waals surface area contributed by atoms with Gasteiger partial charge in [0.2, 0.25) is 0 Å². The second kappa shape index (κ2) is 5.11. The van der Waals surface area contributed by atoms with E-state index < -0.39 is 0 Å². The quantitative estimate of drug-likeness (QED) is 0.449. The zero-order chi connectivity index (χ0) is 10.5. The lowest BCUT2D eigenvalue weighted by Crippen LogP contribution is -2.36. The smallest absolute Gasteiger partial charge is 0.128 e. The molecule has 0 aliphatic rings. The minimum Gasteiger partial charge on any atom is -0.491 e. The fourth-order valence-electron chi connectivity index (χ4n) is 1.58. The van der Waals surface area contributed by atoms with Gasteiger partial charge in [0.15, 0.2) is 0 Å². The molecule has 1 atom stereocenters. The Kier molecular flexibility index (Phi) is 4.82. The van der Waals surface area contributed by atoms with Crippen molar-refractivity contribution in [3.8, 4) is 0 Å². The highest BCUT2D eigenvalue weighted by Crippen LogP contribution is 2.30. The summed E-state index contributed by atoms with van der Waals surface area (Å²) in [6.07, 6.45) is 4.41. The highest BCUT2D eigenvalue weighted by atomic mass is 16.5. The van der Waals surface area contributed by atoms with Crippen LogP contribution in [0.25, 0.3) is 0 Å². The SMILES string of the molecule is C=COC(C=C)(CC(C)C)C(C)C. The molecular formula is C12H22O. The fourth-order valence-corrected chi connectivity index (χ4v) is 1.58. The maximum atomic E-state index is 5.60. The van der Waals surface area contributed by atoms with Crippen LogP contribution in [0, 0.1) is 11.8 Å². The third kappa shape index (κ3) is 3.25. The van der Waals surface area contributed by atoms with Gasteiger partial charge < -0.3 is 4.74 Å². The van der Waals surface area contributed by atoms with Gasteiger partial charge in [-0.3, -0.25) is 0 Å². The van der Waals surface area contributed by atoms with Crippen LogP contribution < -0.4 is 0 Å². The van der Waals surface area contributed by atoms with Crippen LogP contribution >= 0.6 is 0 Å². The van der Waals surface area contributed by atoms with Crippen molar-refractivity contribution in [1.82, 2.24) is 0 Å². The van der Waals surface area contributed by atoms with E-state index in [2.05, 4.69) is 40.9 Å². The zero-order valence-corrected chi connectivity index (χ0v) is 9.34. The highest BCUT2D eigenvalue weighted by molar-refractivity contribution is 5.01. The molecule has 0 aromatic heterocycles. The second-order valence-corrected chi connectivity index (χ2v) is 4.20. The van der Waals surface area contributed by atoms with Crippen molar-refractivity contribution in [1.29, 1.82) is 0 Å². The van der Waals surface area contributed by atoms with Crippen LogP contribution in [0.3, 0.4) is 0 Å². The summed E-state index contributed by atoms with van der Waals surface area (Å²) in [5.74, 6) is 1.02. The standard InChI is InChI=1S/C12H22O/c1-7-12(11(5)6,13-8-2)9-10(3)4/h7-8,10-11H,1-2,9H2,3-6H3. The molecule has 13 heavy (non-hydrogen) atoms. The summed E-state index contributed by atoms with van der Waals surface area (Å²) in [6.45, 7) is 16.1. The third-order valence-corrected chi connectivity index (χ3v) is 2.35. The van der Waals surface area contributed by atoms with E-state index in [9.17, 15) is 0 Å². The Balaban J connectivity index is 4.63. The normalized spacial score (nSPS) is 15.5. The lowest BCUT2D eigenvalue weighted by molar-refractivity contribution is 0.00778. The van der Waals surface area contributed by atoms with Crippen molar-refractivity contribution in [2.45, 2.75) is 39.7 Å². The molecule has 0 amide bonds. The molecule has 0 fully saturated rings. The van der Waals surface area contributed by atoms with Gasteiger partial charge in [0.1, 0.15) is 5.60 Å². The van der Waals surface area contributed by atoms with E-state index in [0.29, 0.717) is 11.8 Å². The Bertz CT molecular complexity index is 170. The summed E-state index contributed by atoms with van der Waals surface area (Å²) in [5, 5.41) is 0. The molecule has 0 saturated carbocycles. The van der Waals surface area contributed by atoms with Crippen LogP contribution in [0.5, 0.6) is 0 Å². The van der Waals surface area contributed by atoms with Crippen molar-refractivity contribution in [3.63, 3.8) is 0 Å². The van der Waals surface area contributed by atoms with Crippen molar-refractivity contribution in [2.75, 3.05) is 0 Å². The monoisotopic (exact) mass is 182 g/mol. The van der Waals surface area contributed by atoms with Crippen molar-refractivity contribution >= 4 is 0 Å². The van der Waals surface area contributed by atoms with Crippen molar-refractivity contribution in [3.05, 3.63) is 25.5 Å². The largest absolute Gasteiger partial charge is 0.491 e. The summed E-state index contributed by atoms with van der Waals surface area (Å²) in [5.41, 5.74) is -0.240. The molecule has 1 heteroatoms. The highest BCUT2D eigenvalue weighted by Gasteiger charge is 2.32. The Morgan fingerprint density at radius 3 is 2.00 bits per heavy atom. The summed E-state index contributed by atoms with van der Waals surface area (Å²) < 4.78 is 5.60. The van der Waals surface area contributed by atoms with Gasteiger partial charge in [0, 0.05) is 0 Å². The molecule has 0 radical (unpaired) electrons. The molecule has 76 valence electrons. The molecule has 0 aromatic rings. The molecule has 1 unspecified atom stereocenters. The molecular weight excluding hydrogens is 160 g/mol. The maximum absolute atomic E-state index is 5.60. The minimum atomic E-state index is -0.240. The van der Waals surface area contributed by atoms with Gasteiger partial charge in [-0.2, -0.15) is 0 Å². The zero-order valence-electron chi connectivity index (χ0n) is 9.34. The number of hydrogen-bond donors (Lipinski definition) is 0. The van der Waals surface area contributed by atoms with Crippen LogP contribution in [0.15, 0.2) is 25.5 Å². The van der Waals surface area contributed by atoms with E-state index in [1.165, 1.54) is 6.26 Å². The summed E-state index contributed by atoms with van der Waals surface area (Å²) in [4.78, 5) is 0. The predicted molar refractivity (Wildman–Crippen MR) is 58.5 cm³/mol. The Labute approximate surface area is 82.5 Å².